The number of ether oxygens (including phenoxy) is 1. The van der Waals surface area contributed by atoms with E-state index in [1.165, 1.54) is 5.56 Å². The SMILES string of the molecule is Cc1ccccc1COc1cccc(NC(=O)[C@H]2CNC[C@@H]2c2cnn(C)c2)c1.Cl. The molecule has 1 aliphatic rings. The maximum Gasteiger partial charge on any atom is 0.229 e. The fraction of sp³-hybridized carbons (Fsp3) is 0.304. The van der Waals surface area contributed by atoms with Gasteiger partial charge in [-0.25, -0.2) is 0 Å². The summed E-state index contributed by atoms with van der Waals surface area (Å²) in [5.41, 5.74) is 4.19. The third kappa shape index (κ3) is 5.01. The molecule has 3 aromatic rings. The topological polar surface area (TPSA) is 68.2 Å². The molecular formula is C23H27ClN4O2. The molecule has 1 saturated heterocycles. The molecule has 0 saturated carbocycles. The first-order valence-corrected chi connectivity index (χ1v) is 9.87. The fourth-order valence-corrected chi connectivity index (χ4v) is 3.77. The second kappa shape index (κ2) is 9.78. The highest BCUT2D eigenvalue weighted by atomic mass is 35.5. The van der Waals surface area contributed by atoms with Crippen molar-refractivity contribution in [2.75, 3.05) is 18.4 Å². The van der Waals surface area contributed by atoms with Gasteiger partial charge >= 0.3 is 0 Å². The van der Waals surface area contributed by atoms with E-state index in [-0.39, 0.29) is 30.2 Å². The second-order valence-corrected chi connectivity index (χ2v) is 7.55. The molecule has 1 aromatic heterocycles. The van der Waals surface area contributed by atoms with Crippen LogP contribution in [0.1, 0.15) is 22.6 Å². The molecule has 7 heteroatoms. The lowest BCUT2D eigenvalue weighted by Gasteiger charge is -2.17. The van der Waals surface area contributed by atoms with Gasteiger partial charge in [0, 0.05) is 44.0 Å². The number of anilines is 1. The van der Waals surface area contributed by atoms with Gasteiger partial charge in [0.1, 0.15) is 12.4 Å². The molecule has 2 aromatic carbocycles. The molecular weight excluding hydrogens is 400 g/mol. The summed E-state index contributed by atoms with van der Waals surface area (Å²) in [7, 11) is 1.89. The molecule has 1 fully saturated rings. The van der Waals surface area contributed by atoms with E-state index in [1.807, 2.05) is 55.8 Å². The Labute approximate surface area is 183 Å². The average Bonchev–Trinajstić information content (AvgIpc) is 3.36. The number of carbonyl (C=O) groups excluding carboxylic acids is 1. The molecule has 0 unspecified atom stereocenters. The van der Waals surface area contributed by atoms with Crippen molar-refractivity contribution in [3.63, 3.8) is 0 Å². The van der Waals surface area contributed by atoms with Gasteiger partial charge in [0.2, 0.25) is 5.91 Å². The van der Waals surface area contributed by atoms with Crippen molar-refractivity contribution in [2.24, 2.45) is 13.0 Å². The number of nitrogens with zero attached hydrogens (tertiary/aromatic N) is 2. The van der Waals surface area contributed by atoms with Crippen LogP contribution in [0.15, 0.2) is 60.9 Å². The molecule has 2 N–H and O–H groups in total. The van der Waals surface area contributed by atoms with Gasteiger partial charge in [0.05, 0.1) is 12.1 Å². The molecule has 2 heterocycles. The Balaban J connectivity index is 0.00000256. The molecule has 2 atom stereocenters. The van der Waals surface area contributed by atoms with Crippen molar-refractivity contribution < 1.29 is 9.53 Å². The van der Waals surface area contributed by atoms with Crippen LogP contribution in [0.5, 0.6) is 5.75 Å². The molecule has 0 aliphatic carbocycles. The highest BCUT2D eigenvalue weighted by molar-refractivity contribution is 5.93. The van der Waals surface area contributed by atoms with Gasteiger partial charge in [-0.05, 0) is 35.7 Å². The van der Waals surface area contributed by atoms with Crippen molar-refractivity contribution in [3.8, 4) is 5.75 Å². The van der Waals surface area contributed by atoms with E-state index in [2.05, 4.69) is 34.8 Å². The maximum atomic E-state index is 12.9. The van der Waals surface area contributed by atoms with Crippen LogP contribution in [0, 0.1) is 12.8 Å². The average molecular weight is 427 g/mol. The number of hydrogen-bond acceptors (Lipinski definition) is 4. The van der Waals surface area contributed by atoms with Gasteiger partial charge < -0.3 is 15.4 Å². The van der Waals surface area contributed by atoms with Crippen LogP contribution in [0.3, 0.4) is 0 Å². The van der Waals surface area contributed by atoms with Gasteiger partial charge in [0.25, 0.3) is 0 Å². The number of aromatic nitrogens is 2. The van der Waals surface area contributed by atoms with Crippen molar-refractivity contribution in [3.05, 3.63) is 77.6 Å². The van der Waals surface area contributed by atoms with Crippen LogP contribution in [0.4, 0.5) is 5.69 Å². The molecule has 4 rings (SSSR count). The number of hydrogen-bond donors (Lipinski definition) is 2. The summed E-state index contributed by atoms with van der Waals surface area (Å²) < 4.78 is 7.71. The Kier molecular flexibility index (Phi) is 7.13. The van der Waals surface area contributed by atoms with E-state index in [0.717, 1.165) is 29.1 Å². The molecule has 0 bridgehead atoms. The van der Waals surface area contributed by atoms with Crippen molar-refractivity contribution >= 4 is 24.0 Å². The summed E-state index contributed by atoms with van der Waals surface area (Å²) in [6.07, 6.45) is 3.83. The Morgan fingerprint density at radius 1 is 1.23 bits per heavy atom. The standard InChI is InChI=1S/C23H26N4O2.ClH/c1-16-6-3-4-7-17(16)15-29-20-9-5-8-19(10-20)26-23(28)22-13-24-12-21(22)18-11-25-27(2)14-18;/h3-11,14,21-22,24H,12-13,15H2,1-2H3,(H,26,28);1H/t21-,22+;/m1./s1. The van der Waals surface area contributed by atoms with Crippen molar-refractivity contribution in [1.29, 1.82) is 0 Å². The number of nitrogens with one attached hydrogen (secondary N) is 2. The molecule has 0 radical (unpaired) electrons. The predicted octanol–water partition coefficient (Wildman–Crippen LogP) is 3.67. The lowest BCUT2D eigenvalue weighted by Crippen LogP contribution is -2.28. The van der Waals surface area contributed by atoms with Gasteiger partial charge in [-0.3, -0.25) is 9.48 Å². The summed E-state index contributed by atoms with van der Waals surface area (Å²) in [4.78, 5) is 12.9. The minimum atomic E-state index is -0.129. The largest absolute Gasteiger partial charge is 0.489 e. The molecule has 6 nitrogen and oxygen atoms in total. The Bertz CT molecular complexity index is 1000. The summed E-state index contributed by atoms with van der Waals surface area (Å²) in [5, 5.41) is 10.6. The first-order valence-electron chi connectivity index (χ1n) is 9.87. The van der Waals surface area contributed by atoms with Gasteiger partial charge in [-0.1, -0.05) is 30.3 Å². The van der Waals surface area contributed by atoms with Crippen molar-refractivity contribution in [2.45, 2.75) is 19.4 Å². The first kappa shape index (κ1) is 21.9. The summed E-state index contributed by atoms with van der Waals surface area (Å²) in [6.45, 7) is 4.02. The van der Waals surface area contributed by atoms with E-state index >= 15 is 0 Å². The zero-order valence-corrected chi connectivity index (χ0v) is 18.0. The lowest BCUT2D eigenvalue weighted by molar-refractivity contribution is -0.119. The van der Waals surface area contributed by atoms with Crippen molar-refractivity contribution in [1.82, 2.24) is 15.1 Å². The third-order valence-electron chi connectivity index (χ3n) is 5.46. The number of aryl methyl sites for hydroxylation is 2. The minimum Gasteiger partial charge on any atom is -0.489 e. The monoisotopic (exact) mass is 426 g/mol. The van der Waals surface area contributed by atoms with Crippen LogP contribution in [-0.4, -0.2) is 28.8 Å². The van der Waals surface area contributed by atoms with E-state index in [0.29, 0.717) is 13.2 Å². The molecule has 1 amide bonds. The minimum absolute atomic E-state index is 0. The number of rotatable bonds is 6. The second-order valence-electron chi connectivity index (χ2n) is 7.55. The molecule has 30 heavy (non-hydrogen) atoms. The predicted molar refractivity (Wildman–Crippen MR) is 120 cm³/mol. The number of carbonyl (C=O) groups is 1. The van der Waals surface area contributed by atoms with E-state index in [9.17, 15) is 4.79 Å². The summed E-state index contributed by atoms with van der Waals surface area (Å²) in [5.74, 6) is 0.749. The van der Waals surface area contributed by atoms with Gasteiger partial charge in [-0.2, -0.15) is 5.10 Å². The maximum absolute atomic E-state index is 12.9. The normalized spacial score (nSPS) is 17.9. The van der Waals surface area contributed by atoms with E-state index in [1.54, 1.807) is 4.68 Å². The first-order chi connectivity index (χ1) is 14.1. The summed E-state index contributed by atoms with van der Waals surface area (Å²) >= 11 is 0. The van der Waals surface area contributed by atoms with Crippen LogP contribution >= 0.6 is 12.4 Å². The van der Waals surface area contributed by atoms with Crippen LogP contribution in [-0.2, 0) is 18.4 Å². The molecule has 1 aliphatic heterocycles. The Hall–Kier alpha value is -2.83. The van der Waals surface area contributed by atoms with Gasteiger partial charge in [-0.15, -0.1) is 12.4 Å². The zero-order chi connectivity index (χ0) is 20.2. The summed E-state index contributed by atoms with van der Waals surface area (Å²) in [6, 6.07) is 15.7. The lowest BCUT2D eigenvalue weighted by atomic mass is 9.90. The quantitative estimate of drug-likeness (QED) is 0.631. The Morgan fingerprint density at radius 2 is 2.07 bits per heavy atom. The Morgan fingerprint density at radius 3 is 2.83 bits per heavy atom. The highest BCUT2D eigenvalue weighted by Crippen LogP contribution is 2.29. The van der Waals surface area contributed by atoms with Crippen LogP contribution in [0.25, 0.3) is 0 Å². The van der Waals surface area contributed by atoms with E-state index in [4.69, 9.17) is 4.74 Å². The number of halogens is 1. The van der Waals surface area contributed by atoms with Crippen LogP contribution < -0.4 is 15.4 Å². The molecule has 0 spiro atoms. The number of benzene rings is 2. The highest BCUT2D eigenvalue weighted by Gasteiger charge is 2.34. The third-order valence-corrected chi connectivity index (χ3v) is 5.46. The number of amides is 1. The van der Waals surface area contributed by atoms with Crippen LogP contribution in [0.2, 0.25) is 0 Å². The smallest absolute Gasteiger partial charge is 0.229 e. The van der Waals surface area contributed by atoms with Gasteiger partial charge in [0.15, 0.2) is 0 Å². The molecule has 158 valence electrons. The fourth-order valence-electron chi connectivity index (χ4n) is 3.77. The zero-order valence-electron chi connectivity index (χ0n) is 17.2. The van der Waals surface area contributed by atoms with E-state index < -0.39 is 0 Å².